The van der Waals surface area contributed by atoms with Crippen molar-refractivity contribution in [2.24, 2.45) is 10.2 Å². The molecule has 0 fully saturated rings. The van der Waals surface area contributed by atoms with Crippen molar-refractivity contribution in [3.8, 4) is 5.88 Å². The third-order valence-corrected chi connectivity index (χ3v) is 4.48. The van der Waals surface area contributed by atoms with Gasteiger partial charge in [0.05, 0.1) is 10.4 Å². The van der Waals surface area contributed by atoms with E-state index in [4.69, 9.17) is 0 Å². The van der Waals surface area contributed by atoms with E-state index in [2.05, 4.69) is 36.5 Å². The molecule has 0 atom stereocenters. The fourth-order valence-electron chi connectivity index (χ4n) is 2.03. The lowest BCUT2D eigenvalue weighted by atomic mass is 10.2. The smallest absolute Gasteiger partial charge is 0.283 e. The van der Waals surface area contributed by atoms with Crippen molar-refractivity contribution in [2.75, 3.05) is 6.54 Å². The highest BCUT2D eigenvalue weighted by molar-refractivity contribution is 9.10. The Kier molecular flexibility index (Phi) is 4.72. The molecule has 0 bridgehead atoms. The molecule has 0 aliphatic carbocycles. The average molecular weight is 407 g/mol. The van der Waals surface area contributed by atoms with Crippen LogP contribution < -0.4 is 5.32 Å². The first kappa shape index (κ1) is 16.3. The summed E-state index contributed by atoms with van der Waals surface area (Å²) >= 11 is 4.61. The first-order valence-corrected chi connectivity index (χ1v) is 8.48. The molecule has 9 heteroatoms. The maximum atomic E-state index is 11.8. The van der Waals surface area contributed by atoms with Gasteiger partial charge in [-0.1, -0.05) is 22.0 Å². The van der Waals surface area contributed by atoms with Gasteiger partial charge in [0.25, 0.3) is 11.8 Å². The summed E-state index contributed by atoms with van der Waals surface area (Å²) in [5.41, 5.74) is 0.840. The van der Waals surface area contributed by atoms with Crippen LogP contribution in [0.15, 0.2) is 50.4 Å². The summed E-state index contributed by atoms with van der Waals surface area (Å²) < 4.78 is 0.806. The molecule has 0 aliphatic heterocycles. The van der Waals surface area contributed by atoms with E-state index in [1.807, 2.05) is 6.07 Å². The number of aromatic amines is 1. The van der Waals surface area contributed by atoms with Gasteiger partial charge in [0.15, 0.2) is 5.69 Å². The van der Waals surface area contributed by atoms with Crippen LogP contribution in [0.3, 0.4) is 0 Å². The Balaban J connectivity index is 1.69. The van der Waals surface area contributed by atoms with E-state index in [0.717, 1.165) is 4.47 Å². The Bertz CT molecular complexity index is 934. The van der Waals surface area contributed by atoms with Crippen molar-refractivity contribution in [1.82, 2.24) is 10.3 Å². The Hall–Kier alpha value is -2.52. The highest BCUT2D eigenvalue weighted by Crippen LogP contribution is 2.36. The van der Waals surface area contributed by atoms with E-state index >= 15 is 0 Å². The number of amides is 2. The SMILES string of the molecule is O=C(CNC(=O)c1cccs1)N=Nc1c(O)[nH]c2ccc(Br)cc12. The van der Waals surface area contributed by atoms with Crippen LogP contribution in [0.1, 0.15) is 9.67 Å². The van der Waals surface area contributed by atoms with Gasteiger partial charge in [-0.25, -0.2) is 0 Å². The number of azo groups is 1. The van der Waals surface area contributed by atoms with Crippen LogP contribution in [0.2, 0.25) is 0 Å². The van der Waals surface area contributed by atoms with Crippen molar-refractivity contribution in [1.29, 1.82) is 0 Å². The van der Waals surface area contributed by atoms with Crippen LogP contribution in [0.4, 0.5) is 5.69 Å². The monoisotopic (exact) mass is 406 g/mol. The van der Waals surface area contributed by atoms with Crippen molar-refractivity contribution in [2.45, 2.75) is 0 Å². The lowest BCUT2D eigenvalue weighted by Gasteiger charge is -1.99. The van der Waals surface area contributed by atoms with Crippen LogP contribution >= 0.6 is 27.3 Å². The summed E-state index contributed by atoms with van der Waals surface area (Å²) in [5.74, 6) is -1.14. The number of nitrogens with one attached hydrogen (secondary N) is 2. The van der Waals surface area contributed by atoms with Gasteiger partial charge in [-0.05, 0) is 29.6 Å². The predicted octanol–water partition coefficient (Wildman–Crippen LogP) is 3.74. The molecule has 3 N–H and O–H groups in total. The van der Waals surface area contributed by atoms with Gasteiger partial charge in [0.1, 0.15) is 6.54 Å². The van der Waals surface area contributed by atoms with Crippen LogP contribution in [0.5, 0.6) is 5.88 Å². The van der Waals surface area contributed by atoms with Gasteiger partial charge in [0.2, 0.25) is 5.88 Å². The summed E-state index contributed by atoms with van der Waals surface area (Å²) in [5, 5.41) is 22.1. The highest BCUT2D eigenvalue weighted by Gasteiger charge is 2.12. The van der Waals surface area contributed by atoms with Crippen LogP contribution in [-0.4, -0.2) is 28.4 Å². The summed E-state index contributed by atoms with van der Waals surface area (Å²) in [6, 6.07) is 8.74. The number of nitrogens with zero attached hydrogens (tertiary/aromatic N) is 2. The number of halogens is 1. The van der Waals surface area contributed by atoms with E-state index in [9.17, 15) is 14.7 Å². The third-order valence-electron chi connectivity index (χ3n) is 3.12. The number of thiophene rings is 1. The fourth-order valence-corrected chi connectivity index (χ4v) is 3.03. The van der Waals surface area contributed by atoms with Gasteiger partial charge >= 0.3 is 0 Å². The number of benzene rings is 1. The van der Waals surface area contributed by atoms with E-state index < -0.39 is 5.91 Å². The van der Waals surface area contributed by atoms with Gasteiger partial charge in [-0.3, -0.25) is 9.59 Å². The summed E-state index contributed by atoms with van der Waals surface area (Å²) in [4.78, 5) is 26.7. The normalized spacial score (nSPS) is 11.2. The molecule has 0 aliphatic rings. The molecule has 0 spiro atoms. The molecule has 2 heterocycles. The van der Waals surface area contributed by atoms with Crippen molar-refractivity contribution in [3.63, 3.8) is 0 Å². The molecule has 3 rings (SSSR count). The zero-order valence-electron chi connectivity index (χ0n) is 12.1. The zero-order chi connectivity index (χ0) is 17.1. The maximum Gasteiger partial charge on any atom is 0.283 e. The lowest BCUT2D eigenvalue weighted by molar-refractivity contribution is -0.117. The number of aromatic hydroxyl groups is 1. The first-order valence-electron chi connectivity index (χ1n) is 6.81. The van der Waals surface area contributed by atoms with Gasteiger partial charge in [-0.2, -0.15) is 0 Å². The second-order valence-corrected chi connectivity index (χ2v) is 6.63. The van der Waals surface area contributed by atoms with Gasteiger partial charge < -0.3 is 15.4 Å². The molecule has 0 saturated heterocycles. The maximum absolute atomic E-state index is 11.8. The minimum absolute atomic E-state index is 0.171. The number of rotatable bonds is 4. The van der Waals surface area contributed by atoms with E-state index in [1.54, 1.807) is 29.6 Å². The van der Waals surface area contributed by atoms with Crippen LogP contribution in [-0.2, 0) is 4.79 Å². The number of hydrogen-bond donors (Lipinski definition) is 3. The van der Waals surface area contributed by atoms with Crippen molar-refractivity contribution >= 4 is 55.7 Å². The molecule has 2 amide bonds. The molecule has 1 aromatic carbocycles. The lowest BCUT2D eigenvalue weighted by Crippen LogP contribution is -2.27. The molecule has 0 radical (unpaired) electrons. The summed E-state index contributed by atoms with van der Waals surface area (Å²) in [7, 11) is 0. The second-order valence-electron chi connectivity index (χ2n) is 4.77. The molecule has 24 heavy (non-hydrogen) atoms. The highest BCUT2D eigenvalue weighted by atomic mass is 79.9. The topological polar surface area (TPSA) is 107 Å². The molecule has 7 nitrogen and oxygen atoms in total. The van der Waals surface area contributed by atoms with E-state index in [1.165, 1.54) is 11.3 Å². The molecule has 0 saturated carbocycles. The molecular weight excluding hydrogens is 396 g/mol. The standard InChI is InChI=1S/C15H11BrN4O3S/c16-8-3-4-10-9(6-8)13(15(23)18-10)20-19-12(21)7-17-14(22)11-2-1-5-24-11/h1-6,18,23H,7H2,(H,17,22). The number of aromatic nitrogens is 1. The van der Waals surface area contributed by atoms with Crippen LogP contribution in [0, 0.1) is 0 Å². The third kappa shape index (κ3) is 3.52. The minimum Gasteiger partial charge on any atom is -0.493 e. The van der Waals surface area contributed by atoms with Gasteiger partial charge in [-0.15, -0.1) is 21.6 Å². The van der Waals surface area contributed by atoms with Crippen LogP contribution in [0.25, 0.3) is 10.9 Å². The Morgan fingerprint density at radius 1 is 1.33 bits per heavy atom. The quantitative estimate of drug-likeness (QED) is 0.574. The Morgan fingerprint density at radius 3 is 2.92 bits per heavy atom. The van der Waals surface area contributed by atoms with E-state index in [-0.39, 0.29) is 24.0 Å². The molecular formula is C15H11BrN4O3S. The largest absolute Gasteiger partial charge is 0.493 e. The molecule has 3 aromatic rings. The van der Waals surface area contributed by atoms with Gasteiger partial charge in [0, 0.05) is 9.86 Å². The fraction of sp³-hybridized carbons (Fsp3) is 0.0667. The predicted molar refractivity (Wildman–Crippen MR) is 93.8 cm³/mol. The average Bonchev–Trinajstić information content (AvgIpc) is 3.18. The van der Waals surface area contributed by atoms with E-state index in [0.29, 0.717) is 15.8 Å². The molecule has 122 valence electrons. The zero-order valence-corrected chi connectivity index (χ0v) is 14.5. The number of carbonyl (C=O) groups excluding carboxylic acids is 2. The number of hydrogen-bond acceptors (Lipinski definition) is 5. The summed E-state index contributed by atoms with van der Waals surface area (Å²) in [6.07, 6.45) is 0. The molecule has 2 aromatic heterocycles. The first-order chi connectivity index (χ1) is 11.5. The Labute approximate surface area is 148 Å². The second kappa shape index (κ2) is 6.93. The molecule has 0 unspecified atom stereocenters. The van der Waals surface area contributed by atoms with Crippen molar-refractivity contribution < 1.29 is 14.7 Å². The number of H-pyrrole nitrogens is 1. The van der Waals surface area contributed by atoms with Crippen molar-refractivity contribution in [3.05, 3.63) is 45.1 Å². The number of fused-ring (bicyclic) bond motifs is 1. The minimum atomic E-state index is -0.622. The Morgan fingerprint density at radius 2 is 2.17 bits per heavy atom. The summed E-state index contributed by atoms with van der Waals surface area (Å²) in [6.45, 7) is -0.271. The number of carbonyl (C=O) groups is 2.